The summed E-state index contributed by atoms with van der Waals surface area (Å²) in [7, 11) is 1.34. The van der Waals surface area contributed by atoms with Crippen molar-refractivity contribution in [2.45, 2.75) is 51.9 Å². The van der Waals surface area contributed by atoms with E-state index in [1.54, 1.807) is 12.1 Å². The lowest BCUT2D eigenvalue weighted by atomic mass is 10.1. The van der Waals surface area contributed by atoms with Crippen LogP contribution in [-0.2, 0) is 22.5 Å². The van der Waals surface area contributed by atoms with Crippen LogP contribution in [0.3, 0.4) is 0 Å². The number of esters is 1. The SMILES string of the molecule is CCc1c(C)sc(NC(=O)CSc2nnc(C(C)Oc3cccc(Cl)c3)n2CC)c1C(=O)OC. The molecule has 0 fully saturated rings. The largest absolute Gasteiger partial charge is 0.483 e. The molecule has 1 amide bonds. The minimum absolute atomic E-state index is 0.112. The summed E-state index contributed by atoms with van der Waals surface area (Å²) in [6, 6.07) is 7.17. The Balaban J connectivity index is 1.69. The van der Waals surface area contributed by atoms with Gasteiger partial charge in [-0.15, -0.1) is 21.5 Å². The molecule has 3 rings (SSSR count). The number of nitrogens with zero attached hydrogens (tertiary/aromatic N) is 3. The molecule has 0 radical (unpaired) electrons. The van der Waals surface area contributed by atoms with Gasteiger partial charge in [-0.2, -0.15) is 0 Å². The number of halogens is 1. The number of aromatic nitrogens is 3. The summed E-state index contributed by atoms with van der Waals surface area (Å²) < 4.78 is 12.8. The fourth-order valence-electron chi connectivity index (χ4n) is 3.51. The van der Waals surface area contributed by atoms with Crippen LogP contribution in [0.2, 0.25) is 5.02 Å². The van der Waals surface area contributed by atoms with Crippen molar-refractivity contribution in [2.24, 2.45) is 0 Å². The highest BCUT2D eigenvalue weighted by Crippen LogP contribution is 2.34. The summed E-state index contributed by atoms with van der Waals surface area (Å²) in [6.07, 6.45) is 0.313. The Morgan fingerprint density at radius 1 is 1.29 bits per heavy atom. The van der Waals surface area contributed by atoms with Crippen molar-refractivity contribution in [2.75, 3.05) is 18.2 Å². The second-order valence-corrected chi connectivity index (χ2v) is 9.93. The number of nitrogens with one attached hydrogen (secondary N) is 1. The van der Waals surface area contributed by atoms with Crippen LogP contribution in [0, 0.1) is 6.92 Å². The van der Waals surface area contributed by atoms with Crippen molar-refractivity contribution in [1.29, 1.82) is 0 Å². The Morgan fingerprint density at radius 3 is 2.71 bits per heavy atom. The number of carbonyl (C=O) groups excluding carboxylic acids is 2. The van der Waals surface area contributed by atoms with Crippen LogP contribution in [0.1, 0.15) is 53.5 Å². The molecule has 0 aliphatic heterocycles. The quantitative estimate of drug-likeness (QED) is 0.276. The lowest BCUT2D eigenvalue weighted by Crippen LogP contribution is -2.17. The smallest absolute Gasteiger partial charge is 0.341 e. The molecule has 0 spiro atoms. The maximum absolute atomic E-state index is 12.7. The maximum atomic E-state index is 12.7. The summed E-state index contributed by atoms with van der Waals surface area (Å²) in [5.74, 6) is 0.710. The van der Waals surface area contributed by atoms with Gasteiger partial charge in [-0.1, -0.05) is 36.4 Å². The second-order valence-electron chi connectivity index (χ2n) is 7.33. The highest BCUT2D eigenvalue weighted by molar-refractivity contribution is 7.99. The van der Waals surface area contributed by atoms with E-state index in [1.165, 1.54) is 30.2 Å². The number of hydrogen-bond donors (Lipinski definition) is 1. The average Bonchev–Trinajstić information content (AvgIpc) is 3.36. The molecule has 1 unspecified atom stereocenters. The Hall–Kier alpha value is -2.56. The summed E-state index contributed by atoms with van der Waals surface area (Å²) >= 11 is 8.69. The molecule has 34 heavy (non-hydrogen) atoms. The molecule has 0 aliphatic carbocycles. The van der Waals surface area contributed by atoms with Crippen LogP contribution in [-0.4, -0.2) is 39.5 Å². The fourth-order valence-corrected chi connectivity index (χ4v) is 5.64. The first-order valence-electron chi connectivity index (χ1n) is 10.8. The highest BCUT2D eigenvalue weighted by Gasteiger charge is 2.24. The molecule has 11 heteroatoms. The number of ether oxygens (including phenoxy) is 2. The van der Waals surface area contributed by atoms with Crippen LogP contribution in [0.25, 0.3) is 0 Å². The number of benzene rings is 1. The number of carbonyl (C=O) groups is 2. The van der Waals surface area contributed by atoms with E-state index in [0.717, 1.165) is 10.4 Å². The molecule has 1 N–H and O–H groups in total. The van der Waals surface area contributed by atoms with E-state index >= 15 is 0 Å². The lowest BCUT2D eigenvalue weighted by Gasteiger charge is -2.15. The van der Waals surface area contributed by atoms with Gasteiger partial charge in [-0.25, -0.2) is 4.79 Å². The summed E-state index contributed by atoms with van der Waals surface area (Å²) in [6.45, 7) is 8.38. The van der Waals surface area contributed by atoms with Crippen LogP contribution in [0.15, 0.2) is 29.4 Å². The van der Waals surface area contributed by atoms with E-state index in [-0.39, 0.29) is 17.8 Å². The standard InChI is InChI=1S/C23H27ClN4O4S2/c1-6-17-14(4)34-21(19(17)22(30)31-5)25-18(29)12-33-23-27-26-20(28(23)7-2)13(3)32-16-10-8-9-15(24)11-16/h8-11,13H,6-7,12H2,1-5H3,(H,25,29). The predicted molar refractivity (Wildman–Crippen MR) is 135 cm³/mol. The first-order chi connectivity index (χ1) is 16.3. The Bertz CT molecular complexity index is 1180. The van der Waals surface area contributed by atoms with Gasteiger partial charge < -0.3 is 19.4 Å². The van der Waals surface area contributed by atoms with Gasteiger partial charge in [0, 0.05) is 16.4 Å². The number of anilines is 1. The molecule has 1 atom stereocenters. The first-order valence-corrected chi connectivity index (χ1v) is 12.9. The molecule has 8 nitrogen and oxygen atoms in total. The number of thiophene rings is 1. The molecule has 182 valence electrons. The number of methoxy groups -OCH3 is 1. The van der Waals surface area contributed by atoms with Crippen molar-refractivity contribution >= 4 is 51.6 Å². The number of thioether (sulfide) groups is 1. The Labute approximate surface area is 212 Å². The number of rotatable bonds is 10. The third-order valence-corrected chi connectivity index (χ3v) is 7.34. The number of hydrogen-bond acceptors (Lipinski definition) is 8. The normalized spacial score (nSPS) is 11.8. The molecular weight excluding hydrogens is 496 g/mol. The van der Waals surface area contributed by atoms with Crippen molar-refractivity contribution in [3.05, 3.63) is 51.1 Å². The van der Waals surface area contributed by atoms with Crippen LogP contribution in [0.5, 0.6) is 5.75 Å². The van der Waals surface area contributed by atoms with Gasteiger partial charge >= 0.3 is 5.97 Å². The van der Waals surface area contributed by atoms with Gasteiger partial charge in [0.25, 0.3) is 0 Å². The summed E-state index contributed by atoms with van der Waals surface area (Å²) in [5.41, 5.74) is 1.32. The zero-order chi connectivity index (χ0) is 24.8. The Morgan fingerprint density at radius 2 is 2.06 bits per heavy atom. The number of amides is 1. The molecule has 0 saturated heterocycles. The van der Waals surface area contributed by atoms with Crippen molar-refractivity contribution in [3.8, 4) is 5.75 Å². The van der Waals surface area contributed by atoms with E-state index < -0.39 is 5.97 Å². The molecule has 0 bridgehead atoms. The summed E-state index contributed by atoms with van der Waals surface area (Å²) in [4.78, 5) is 26.0. The van der Waals surface area contributed by atoms with E-state index in [2.05, 4.69) is 15.5 Å². The average molecular weight is 523 g/mol. The third-order valence-electron chi connectivity index (χ3n) is 5.07. The van der Waals surface area contributed by atoms with E-state index in [1.807, 2.05) is 44.4 Å². The van der Waals surface area contributed by atoms with Gasteiger partial charge in [0.1, 0.15) is 10.8 Å². The van der Waals surface area contributed by atoms with Crippen LogP contribution < -0.4 is 10.1 Å². The molecule has 2 aromatic heterocycles. The zero-order valence-electron chi connectivity index (χ0n) is 19.7. The van der Waals surface area contributed by atoms with Crippen molar-refractivity contribution in [3.63, 3.8) is 0 Å². The topological polar surface area (TPSA) is 95.3 Å². The van der Waals surface area contributed by atoms with Gasteiger partial charge in [0.05, 0.1) is 18.4 Å². The van der Waals surface area contributed by atoms with E-state index in [9.17, 15) is 9.59 Å². The van der Waals surface area contributed by atoms with E-state index in [4.69, 9.17) is 21.1 Å². The van der Waals surface area contributed by atoms with Crippen molar-refractivity contribution in [1.82, 2.24) is 14.8 Å². The Kier molecular flexibility index (Phi) is 8.98. The first kappa shape index (κ1) is 26.1. The van der Waals surface area contributed by atoms with Gasteiger partial charge in [-0.3, -0.25) is 4.79 Å². The predicted octanol–water partition coefficient (Wildman–Crippen LogP) is 5.54. The minimum atomic E-state index is -0.451. The zero-order valence-corrected chi connectivity index (χ0v) is 22.1. The minimum Gasteiger partial charge on any atom is -0.483 e. The molecule has 1 aromatic carbocycles. The lowest BCUT2D eigenvalue weighted by molar-refractivity contribution is -0.113. The van der Waals surface area contributed by atoms with Crippen LogP contribution >= 0.6 is 34.7 Å². The summed E-state index contributed by atoms with van der Waals surface area (Å²) in [5, 5.41) is 13.1. The molecular formula is C23H27ClN4O4S2. The number of aryl methyl sites for hydroxylation is 1. The van der Waals surface area contributed by atoms with Gasteiger partial charge in [0.2, 0.25) is 5.91 Å². The third kappa shape index (κ3) is 5.92. The maximum Gasteiger partial charge on any atom is 0.341 e. The van der Waals surface area contributed by atoms with Crippen molar-refractivity contribution < 1.29 is 19.1 Å². The van der Waals surface area contributed by atoms with E-state index in [0.29, 0.717) is 45.3 Å². The fraction of sp³-hybridized carbons (Fsp3) is 0.391. The highest BCUT2D eigenvalue weighted by atomic mass is 35.5. The van der Waals surface area contributed by atoms with Gasteiger partial charge in [0.15, 0.2) is 17.1 Å². The van der Waals surface area contributed by atoms with Gasteiger partial charge in [-0.05, 0) is 51.0 Å². The molecule has 0 saturated carbocycles. The molecule has 3 aromatic rings. The molecule has 0 aliphatic rings. The molecule has 2 heterocycles. The van der Waals surface area contributed by atoms with Crippen LogP contribution in [0.4, 0.5) is 5.00 Å². The second kappa shape index (κ2) is 11.7. The monoisotopic (exact) mass is 522 g/mol.